The number of hydrogen-bond acceptors (Lipinski definition) is 4. The number of amides is 1. The molecule has 7 heteroatoms. The summed E-state index contributed by atoms with van der Waals surface area (Å²) < 4.78 is 25.2. The Morgan fingerprint density at radius 3 is 2.69 bits per heavy atom. The van der Waals surface area contributed by atoms with E-state index in [1.807, 2.05) is 6.92 Å². The summed E-state index contributed by atoms with van der Waals surface area (Å²) in [6, 6.07) is 6.30. The average molecular weight is 375 g/mol. The number of benzene rings is 1. The summed E-state index contributed by atoms with van der Waals surface area (Å²) in [4.78, 5) is 13.0. The Hall–Kier alpha value is -2.15. The van der Waals surface area contributed by atoms with Crippen LogP contribution in [0.2, 0.25) is 0 Å². The summed E-state index contributed by atoms with van der Waals surface area (Å²) in [6.45, 7) is 2.62. The summed E-state index contributed by atoms with van der Waals surface area (Å²) in [5.41, 5.74) is 1.82. The molecule has 0 atom stereocenters. The second-order valence-electron chi connectivity index (χ2n) is 7.12. The van der Waals surface area contributed by atoms with Gasteiger partial charge in [0.05, 0.1) is 11.1 Å². The minimum Gasteiger partial charge on any atom is -0.321 e. The zero-order valence-corrected chi connectivity index (χ0v) is 16.1. The second kappa shape index (κ2) is 7.61. The van der Waals surface area contributed by atoms with Gasteiger partial charge in [-0.05, 0) is 49.4 Å². The van der Waals surface area contributed by atoms with Crippen molar-refractivity contribution in [1.29, 1.82) is 0 Å². The quantitative estimate of drug-likeness (QED) is 0.868. The number of aryl methyl sites for hydroxylation is 1. The Labute approximate surface area is 154 Å². The molecule has 140 valence electrons. The van der Waals surface area contributed by atoms with Crippen LogP contribution in [0.3, 0.4) is 0 Å². The van der Waals surface area contributed by atoms with Gasteiger partial charge in [-0.2, -0.15) is 5.10 Å². The van der Waals surface area contributed by atoms with Gasteiger partial charge in [-0.25, -0.2) is 8.42 Å². The third-order valence-electron chi connectivity index (χ3n) is 4.91. The highest BCUT2D eigenvalue weighted by Gasteiger charge is 2.21. The third-order valence-corrected chi connectivity index (χ3v) is 6.02. The van der Waals surface area contributed by atoms with Gasteiger partial charge in [-0.1, -0.05) is 25.3 Å². The van der Waals surface area contributed by atoms with Crippen LogP contribution < -0.4 is 5.32 Å². The van der Waals surface area contributed by atoms with E-state index in [-0.39, 0.29) is 10.8 Å². The predicted molar refractivity (Wildman–Crippen MR) is 101 cm³/mol. The molecule has 26 heavy (non-hydrogen) atoms. The van der Waals surface area contributed by atoms with E-state index < -0.39 is 9.84 Å². The predicted octanol–water partition coefficient (Wildman–Crippen LogP) is 3.43. The normalized spacial score (nSPS) is 15.8. The molecular formula is C19H25N3O3S. The van der Waals surface area contributed by atoms with Crippen LogP contribution in [0.1, 0.15) is 48.2 Å². The number of nitrogens with zero attached hydrogens (tertiary/aromatic N) is 2. The molecule has 1 amide bonds. The lowest BCUT2D eigenvalue weighted by atomic mass is 9.89. The van der Waals surface area contributed by atoms with Crippen LogP contribution in [0.5, 0.6) is 0 Å². The maximum Gasteiger partial charge on any atom is 0.274 e. The molecule has 0 aliphatic heterocycles. The molecule has 1 fully saturated rings. The van der Waals surface area contributed by atoms with E-state index in [2.05, 4.69) is 10.4 Å². The minimum absolute atomic E-state index is 0.183. The number of hydrogen-bond donors (Lipinski definition) is 1. The molecule has 0 bridgehead atoms. The molecule has 1 heterocycles. The van der Waals surface area contributed by atoms with Crippen molar-refractivity contribution >= 4 is 21.4 Å². The third kappa shape index (κ3) is 4.33. The van der Waals surface area contributed by atoms with Gasteiger partial charge < -0.3 is 5.32 Å². The van der Waals surface area contributed by atoms with Crippen LogP contribution in [-0.2, 0) is 16.4 Å². The summed E-state index contributed by atoms with van der Waals surface area (Å²) in [7, 11) is -3.32. The van der Waals surface area contributed by atoms with Crippen molar-refractivity contribution in [2.75, 3.05) is 11.6 Å². The summed E-state index contributed by atoms with van der Waals surface area (Å²) in [5, 5.41) is 7.20. The smallest absolute Gasteiger partial charge is 0.274 e. The van der Waals surface area contributed by atoms with Gasteiger partial charge in [0.2, 0.25) is 0 Å². The number of carbonyl (C=O) groups excluding carboxylic acids is 1. The molecular weight excluding hydrogens is 350 g/mol. The SMILES string of the molecule is Cc1cnn(CC2CCCCC2)c1C(=O)Nc1cccc(S(C)(=O)=O)c1. The fourth-order valence-corrected chi connectivity index (χ4v) is 4.19. The van der Waals surface area contributed by atoms with Crippen LogP contribution in [0.15, 0.2) is 35.4 Å². The van der Waals surface area contributed by atoms with Crippen LogP contribution in [-0.4, -0.2) is 30.4 Å². The number of rotatable bonds is 5. The Kier molecular flexibility index (Phi) is 5.46. The van der Waals surface area contributed by atoms with Crippen molar-refractivity contribution in [1.82, 2.24) is 9.78 Å². The lowest BCUT2D eigenvalue weighted by Gasteiger charge is -2.22. The van der Waals surface area contributed by atoms with E-state index >= 15 is 0 Å². The van der Waals surface area contributed by atoms with Crippen molar-refractivity contribution in [2.24, 2.45) is 5.92 Å². The molecule has 1 aliphatic rings. The van der Waals surface area contributed by atoms with Gasteiger partial charge in [0, 0.05) is 18.5 Å². The van der Waals surface area contributed by atoms with Gasteiger partial charge in [0.1, 0.15) is 5.69 Å². The Bertz CT molecular complexity index is 897. The number of aromatic nitrogens is 2. The van der Waals surface area contributed by atoms with Gasteiger partial charge in [-0.3, -0.25) is 9.48 Å². The maximum atomic E-state index is 12.8. The Balaban J connectivity index is 1.79. The zero-order valence-electron chi connectivity index (χ0n) is 15.2. The van der Waals surface area contributed by atoms with E-state index in [9.17, 15) is 13.2 Å². The van der Waals surface area contributed by atoms with E-state index in [0.717, 1.165) is 18.4 Å². The van der Waals surface area contributed by atoms with Crippen molar-refractivity contribution in [3.63, 3.8) is 0 Å². The highest BCUT2D eigenvalue weighted by molar-refractivity contribution is 7.90. The van der Waals surface area contributed by atoms with Gasteiger partial charge in [0.15, 0.2) is 9.84 Å². The van der Waals surface area contributed by atoms with Crippen LogP contribution in [0.4, 0.5) is 5.69 Å². The molecule has 1 aliphatic carbocycles. The zero-order chi connectivity index (χ0) is 18.7. The van der Waals surface area contributed by atoms with Gasteiger partial charge >= 0.3 is 0 Å². The number of nitrogens with one attached hydrogen (secondary N) is 1. The Morgan fingerprint density at radius 2 is 2.00 bits per heavy atom. The monoisotopic (exact) mass is 375 g/mol. The fourth-order valence-electron chi connectivity index (χ4n) is 3.52. The van der Waals surface area contributed by atoms with Crippen molar-refractivity contribution in [3.05, 3.63) is 41.7 Å². The molecule has 0 radical (unpaired) electrons. The molecule has 6 nitrogen and oxygen atoms in total. The number of carbonyl (C=O) groups is 1. The topological polar surface area (TPSA) is 81.1 Å². The first-order valence-electron chi connectivity index (χ1n) is 8.98. The Morgan fingerprint density at radius 1 is 1.27 bits per heavy atom. The number of sulfone groups is 1. The van der Waals surface area contributed by atoms with Crippen LogP contribution >= 0.6 is 0 Å². The highest BCUT2D eigenvalue weighted by Crippen LogP contribution is 2.26. The van der Waals surface area contributed by atoms with Gasteiger partial charge in [0.25, 0.3) is 5.91 Å². The first-order valence-corrected chi connectivity index (χ1v) is 10.9. The molecule has 1 aromatic carbocycles. The average Bonchev–Trinajstić information content (AvgIpc) is 2.96. The first kappa shape index (κ1) is 18.6. The van der Waals surface area contributed by atoms with Gasteiger partial charge in [-0.15, -0.1) is 0 Å². The molecule has 0 saturated heterocycles. The second-order valence-corrected chi connectivity index (χ2v) is 9.13. The fraction of sp³-hybridized carbons (Fsp3) is 0.474. The maximum absolute atomic E-state index is 12.8. The number of anilines is 1. The summed E-state index contributed by atoms with van der Waals surface area (Å²) in [6.07, 6.45) is 8.99. The molecule has 1 N–H and O–H groups in total. The highest BCUT2D eigenvalue weighted by atomic mass is 32.2. The van der Waals surface area contributed by atoms with Crippen molar-refractivity contribution < 1.29 is 13.2 Å². The molecule has 0 unspecified atom stereocenters. The lowest BCUT2D eigenvalue weighted by molar-refractivity contribution is 0.101. The summed E-state index contributed by atoms with van der Waals surface area (Å²) in [5.74, 6) is 0.296. The molecule has 2 aromatic rings. The largest absolute Gasteiger partial charge is 0.321 e. The van der Waals surface area contributed by atoms with Crippen molar-refractivity contribution in [2.45, 2.75) is 50.5 Å². The summed E-state index contributed by atoms with van der Waals surface area (Å²) >= 11 is 0. The van der Waals surface area contributed by atoms with Crippen LogP contribution in [0.25, 0.3) is 0 Å². The first-order chi connectivity index (χ1) is 12.3. The van der Waals surface area contributed by atoms with E-state index in [1.54, 1.807) is 23.0 Å². The standard InChI is InChI=1S/C19H25N3O3S/c1-14-12-20-22(13-15-7-4-3-5-8-15)18(14)19(23)21-16-9-6-10-17(11-16)26(2,24)25/h6,9-12,15H,3-5,7-8,13H2,1-2H3,(H,21,23). The molecule has 1 aromatic heterocycles. The minimum atomic E-state index is -3.32. The molecule has 1 saturated carbocycles. The van der Waals surface area contributed by atoms with Crippen molar-refractivity contribution in [3.8, 4) is 0 Å². The molecule has 0 spiro atoms. The van der Waals surface area contributed by atoms with E-state index in [1.165, 1.54) is 44.2 Å². The lowest BCUT2D eigenvalue weighted by Crippen LogP contribution is -2.22. The molecule has 3 rings (SSSR count). The van der Waals surface area contributed by atoms with Crippen LogP contribution in [0, 0.1) is 12.8 Å². The van der Waals surface area contributed by atoms with E-state index in [0.29, 0.717) is 17.3 Å². The van der Waals surface area contributed by atoms with E-state index in [4.69, 9.17) is 0 Å².